The number of rotatable bonds is 7. The molecular weight excluding hydrogens is 368 g/mol. The summed E-state index contributed by atoms with van der Waals surface area (Å²) in [5.74, 6) is 0.986. The van der Waals surface area contributed by atoms with Crippen LogP contribution in [0.25, 0.3) is 0 Å². The number of imidazole rings is 1. The van der Waals surface area contributed by atoms with Crippen LogP contribution in [0, 0.1) is 6.92 Å². The monoisotopic (exact) mass is 388 g/mol. The van der Waals surface area contributed by atoms with Gasteiger partial charge < -0.3 is 15.2 Å². The van der Waals surface area contributed by atoms with Crippen LogP contribution in [0.15, 0.2) is 48.8 Å². The highest BCUT2D eigenvalue weighted by atomic mass is 35.5. The molecule has 26 heavy (non-hydrogen) atoms. The third kappa shape index (κ3) is 5.34. The van der Waals surface area contributed by atoms with Gasteiger partial charge in [-0.3, -0.25) is 0 Å². The molecular formula is C19H21ClN4OS. The quantitative estimate of drug-likeness (QED) is 0.642. The average molecular weight is 389 g/mol. The highest BCUT2D eigenvalue weighted by molar-refractivity contribution is 7.16. The maximum atomic E-state index is 11.9. The van der Waals surface area contributed by atoms with E-state index in [0.717, 1.165) is 33.6 Å². The summed E-state index contributed by atoms with van der Waals surface area (Å²) in [5, 5.41) is 5.77. The lowest BCUT2D eigenvalue weighted by atomic mass is 10.1. The van der Waals surface area contributed by atoms with Crippen molar-refractivity contribution in [3.05, 3.63) is 75.0 Å². The molecule has 0 bridgehead atoms. The first-order valence-electron chi connectivity index (χ1n) is 8.41. The molecule has 5 nitrogen and oxygen atoms in total. The molecule has 136 valence electrons. The number of urea groups is 1. The van der Waals surface area contributed by atoms with Gasteiger partial charge in [0.05, 0.1) is 4.34 Å². The van der Waals surface area contributed by atoms with Crippen molar-refractivity contribution >= 4 is 29.0 Å². The Hall–Kier alpha value is -2.31. The Morgan fingerprint density at radius 1 is 1.23 bits per heavy atom. The summed E-state index contributed by atoms with van der Waals surface area (Å²) < 4.78 is 2.87. The van der Waals surface area contributed by atoms with Gasteiger partial charge in [-0.1, -0.05) is 35.9 Å². The summed E-state index contributed by atoms with van der Waals surface area (Å²) in [6.07, 6.45) is 4.55. The van der Waals surface area contributed by atoms with Gasteiger partial charge in [-0.2, -0.15) is 0 Å². The molecule has 2 amide bonds. The standard InChI is InChI=1S/C19H21ClN4OS/c1-14-21-9-10-24(14)13-16-4-2-3-15(11-16)12-23-19(25)22-8-7-17-5-6-18(20)26-17/h2-6,9-11H,7-8,12-13H2,1H3,(H2,22,23,25). The molecule has 0 saturated carbocycles. The number of aryl methyl sites for hydroxylation is 1. The van der Waals surface area contributed by atoms with Crippen molar-refractivity contribution in [3.8, 4) is 0 Å². The molecule has 0 fully saturated rings. The first-order valence-corrected chi connectivity index (χ1v) is 9.61. The summed E-state index contributed by atoms with van der Waals surface area (Å²) in [7, 11) is 0. The van der Waals surface area contributed by atoms with E-state index in [-0.39, 0.29) is 6.03 Å². The third-order valence-electron chi connectivity index (χ3n) is 4.01. The number of halogens is 1. The van der Waals surface area contributed by atoms with E-state index in [4.69, 9.17) is 11.6 Å². The number of amides is 2. The number of carbonyl (C=O) groups is 1. The molecule has 3 rings (SSSR count). The van der Waals surface area contributed by atoms with Crippen molar-refractivity contribution in [2.75, 3.05) is 6.54 Å². The van der Waals surface area contributed by atoms with Crippen LogP contribution in [-0.4, -0.2) is 22.1 Å². The van der Waals surface area contributed by atoms with Crippen molar-refractivity contribution in [1.29, 1.82) is 0 Å². The van der Waals surface area contributed by atoms with E-state index in [0.29, 0.717) is 13.1 Å². The molecule has 0 aliphatic rings. The van der Waals surface area contributed by atoms with Crippen LogP contribution in [0.2, 0.25) is 4.34 Å². The second kappa shape index (κ2) is 8.87. The number of hydrogen-bond acceptors (Lipinski definition) is 3. The molecule has 0 aliphatic heterocycles. The molecule has 7 heteroatoms. The van der Waals surface area contributed by atoms with Crippen LogP contribution in [0.4, 0.5) is 4.79 Å². The Morgan fingerprint density at radius 3 is 2.81 bits per heavy atom. The summed E-state index contributed by atoms with van der Waals surface area (Å²) in [6.45, 7) is 3.84. The van der Waals surface area contributed by atoms with Crippen molar-refractivity contribution in [2.45, 2.75) is 26.4 Å². The zero-order valence-corrected chi connectivity index (χ0v) is 16.1. The molecule has 0 aliphatic carbocycles. The van der Waals surface area contributed by atoms with E-state index in [9.17, 15) is 4.79 Å². The van der Waals surface area contributed by atoms with Crippen LogP contribution in [0.1, 0.15) is 21.8 Å². The van der Waals surface area contributed by atoms with Gasteiger partial charge in [0.1, 0.15) is 5.82 Å². The van der Waals surface area contributed by atoms with Crippen molar-refractivity contribution in [2.24, 2.45) is 0 Å². The zero-order chi connectivity index (χ0) is 18.4. The summed E-state index contributed by atoms with van der Waals surface area (Å²) in [6, 6.07) is 11.9. The number of thiophene rings is 1. The molecule has 1 aromatic carbocycles. The van der Waals surface area contributed by atoms with Gasteiger partial charge in [-0.25, -0.2) is 9.78 Å². The molecule has 2 heterocycles. The molecule has 2 aromatic heterocycles. The largest absolute Gasteiger partial charge is 0.338 e. The SMILES string of the molecule is Cc1nccn1Cc1cccc(CNC(=O)NCCc2ccc(Cl)s2)c1. The minimum atomic E-state index is -0.163. The first-order chi connectivity index (χ1) is 12.6. The third-order valence-corrected chi connectivity index (χ3v) is 5.30. The van der Waals surface area contributed by atoms with E-state index in [1.165, 1.54) is 5.56 Å². The normalized spacial score (nSPS) is 10.7. The lowest BCUT2D eigenvalue weighted by molar-refractivity contribution is 0.240. The molecule has 0 unspecified atom stereocenters. The highest BCUT2D eigenvalue weighted by Crippen LogP contribution is 2.21. The topological polar surface area (TPSA) is 59.0 Å². The summed E-state index contributed by atoms with van der Waals surface area (Å²) in [4.78, 5) is 17.3. The van der Waals surface area contributed by atoms with Crippen LogP contribution >= 0.6 is 22.9 Å². The maximum Gasteiger partial charge on any atom is 0.315 e. The molecule has 2 N–H and O–H groups in total. The van der Waals surface area contributed by atoms with E-state index in [1.54, 1.807) is 17.5 Å². The van der Waals surface area contributed by atoms with Gasteiger partial charge in [-0.05, 0) is 36.6 Å². The number of carbonyl (C=O) groups excluding carboxylic acids is 1. The average Bonchev–Trinajstić information content (AvgIpc) is 3.22. The highest BCUT2D eigenvalue weighted by Gasteiger charge is 2.04. The van der Waals surface area contributed by atoms with Crippen LogP contribution < -0.4 is 10.6 Å². The van der Waals surface area contributed by atoms with E-state index in [1.807, 2.05) is 37.4 Å². The summed E-state index contributed by atoms with van der Waals surface area (Å²) >= 11 is 7.44. The molecule has 0 spiro atoms. The minimum Gasteiger partial charge on any atom is -0.338 e. The Labute approximate surface area is 162 Å². The van der Waals surface area contributed by atoms with Gasteiger partial charge in [0, 0.05) is 36.9 Å². The summed E-state index contributed by atoms with van der Waals surface area (Å²) in [5.41, 5.74) is 2.25. The van der Waals surface area contributed by atoms with Crippen LogP contribution in [-0.2, 0) is 19.5 Å². The van der Waals surface area contributed by atoms with Crippen LogP contribution in [0.3, 0.4) is 0 Å². The minimum absolute atomic E-state index is 0.163. The zero-order valence-electron chi connectivity index (χ0n) is 14.5. The molecule has 0 radical (unpaired) electrons. The lowest BCUT2D eigenvalue weighted by Gasteiger charge is -2.10. The van der Waals surface area contributed by atoms with E-state index >= 15 is 0 Å². The molecule has 0 saturated heterocycles. The fourth-order valence-electron chi connectivity index (χ4n) is 2.64. The van der Waals surface area contributed by atoms with Gasteiger partial charge >= 0.3 is 6.03 Å². The predicted octanol–water partition coefficient (Wildman–Crippen LogP) is 4.00. The lowest BCUT2D eigenvalue weighted by Crippen LogP contribution is -2.36. The predicted molar refractivity (Wildman–Crippen MR) is 106 cm³/mol. The Balaban J connectivity index is 1.44. The van der Waals surface area contributed by atoms with E-state index in [2.05, 4.69) is 32.3 Å². The van der Waals surface area contributed by atoms with Gasteiger partial charge in [0.2, 0.25) is 0 Å². The van der Waals surface area contributed by atoms with Crippen LogP contribution in [0.5, 0.6) is 0 Å². The number of benzene rings is 1. The molecule has 0 atom stereocenters. The van der Waals surface area contributed by atoms with Gasteiger partial charge in [0.15, 0.2) is 0 Å². The first kappa shape index (κ1) is 18.5. The van der Waals surface area contributed by atoms with E-state index < -0.39 is 0 Å². The molecule has 3 aromatic rings. The number of nitrogens with one attached hydrogen (secondary N) is 2. The number of hydrogen-bond donors (Lipinski definition) is 2. The van der Waals surface area contributed by atoms with Gasteiger partial charge in [0.25, 0.3) is 0 Å². The Kier molecular flexibility index (Phi) is 6.30. The maximum absolute atomic E-state index is 11.9. The van der Waals surface area contributed by atoms with Gasteiger partial charge in [-0.15, -0.1) is 11.3 Å². The Morgan fingerprint density at radius 2 is 2.08 bits per heavy atom. The number of nitrogens with zero attached hydrogens (tertiary/aromatic N) is 2. The second-order valence-electron chi connectivity index (χ2n) is 5.99. The smallest absolute Gasteiger partial charge is 0.315 e. The second-order valence-corrected chi connectivity index (χ2v) is 7.79. The fourth-order valence-corrected chi connectivity index (χ4v) is 3.72. The van der Waals surface area contributed by atoms with Crippen molar-refractivity contribution < 1.29 is 4.79 Å². The Bertz CT molecular complexity index is 874. The van der Waals surface area contributed by atoms with Crippen molar-refractivity contribution in [1.82, 2.24) is 20.2 Å². The fraction of sp³-hybridized carbons (Fsp3) is 0.263. The number of aromatic nitrogens is 2. The van der Waals surface area contributed by atoms with Crippen molar-refractivity contribution in [3.63, 3.8) is 0 Å².